The molecule has 0 spiro atoms. The van der Waals surface area contributed by atoms with Crippen LogP contribution in [0.15, 0.2) is 0 Å². The topological polar surface area (TPSA) is 84.1 Å². The largest absolute Gasteiger partial charge is 0.480 e. The Morgan fingerprint density at radius 3 is 2.88 bits per heavy atom. The zero-order valence-corrected chi connectivity index (χ0v) is 10.1. The third-order valence-electron chi connectivity index (χ3n) is 3.05. The number of tetrazole rings is 1. The summed E-state index contributed by atoms with van der Waals surface area (Å²) in [5.74, 6) is -0.0600. The highest BCUT2D eigenvalue weighted by atomic mass is 16.4. The minimum atomic E-state index is -0.805. The van der Waals surface area contributed by atoms with Crippen molar-refractivity contribution >= 4 is 5.97 Å². The highest BCUT2D eigenvalue weighted by Gasteiger charge is 2.29. The summed E-state index contributed by atoms with van der Waals surface area (Å²) in [7, 11) is 1.79. The Labute approximate surface area is 99.4 Å². The quantitative estimate of drug-likeness (QED) is 0.768. The van der Waals surface area contributed by atoms with Crippen LogP contribution in [0.4, 0.5) is 0 Å². The van der Waals surface area contributed by atoms with Gasteiger partial charge < -0.3 is 5.11 Å². The van der Waals surface area contributed by atoms with Gasteiger partial charge in [0.15, 0.2) is 5.82 Å². The molecule has 1 heterocycles. The zero-order chi connectivity index (χ0) is 12.4. The number of nitrogens with zero attached hydrogens (tertiary/aromatic N) is 5. The third kappa shape index (κ3) is 2.60. The van der Waals surface area contributed by atoms with E-state index in [0.29, 0.717) is 19.0 Å². The standard InChI is InChI=1S/C10H17N5O2/c1-3-8(10(16)17)14(2)6-9-11-12-13-15(9)7-4-5-7/h7-8H,3-6H2,1-2H3,(H,16,17). The van der Waals surface area contributed by atoms with Crippen molar-refractivity contribution in [1.82, 2.24) is 25.1 Å². The zero-order valence-electron chi connectivity index (χ0n) is 10.1. The lowest BCUT2D eigenvalue weighted by Crippen LogP contribution is -2.38. The molecule has 0 radical (unpaired) electrons. The van der Waals surface area contributed by atoms with E-state index < -0.39 is 12.0 Å². The van der Waals surface area contributed by atoms with Crippen LogP contribution in [0.2, 0.25) is 0 Å². The summed E-state index contributed by atoms with van der Waals surface area (Å²) in [5.41, 5.74) is 0. The van der Waals surface area contributed by atoms with Crippen molar-refractivity contribution in [3.63, 3.8) is 0 Å². The van der Waals surface area contributed by atoms with Crippen molar-refractivity contribution in [2.45, 2.75) is 44.8 Å². The van der Waals surface area contributed by atoms with Crippen molar-refractivity contribution in [2.75, 3.05) is 7.05 Å². The summed E-state index contributed by atoms with van der Waals surface area (Å²) in [6.07, 6.45) is 2.78. The van der Waals surface area contributed by atoms with Gasteiger partial charge in [0.25, 0.3) is 0 Å². The fourth-order valence-corrected chi connectivity index (χ4v) is 1.93. The average Bonchev–Trinajstić information content (AvgIpc) is 3.00. The lowest BCUT2D eigenvalue weighted by Gasteiger charge is -2.22. The van der Waals surface area contributed by atoms with Crippen LogP contribution in [-0.2, 0) is 11.3 Å². The van der Waals surface area contributed by atoms with Crippen LogP contribution in [0, 0.1) is 0 Å². The fourth-order valence-electron chi connectivity index (χ4n) is 1.93. The molecule has 0 bridgehead atoms. The van der Waals surface area contributed by atoms with Gasteiger partial charge in [-0.2, -0.15) is 0 Å². The van der Waals surface area contributed by atoms with Crippen LogP contribution < -0.4 is 0 Å². The van der Waals surface area contributed by atoms with Gasteiger partial charge in [0.2, 0.25) is 0 Å². The summed E-state index contributed by atoms with van der Waals surface area (Å²) < 4.78 is 1.81. The fraction of sp³-hybridized carbons (Fsp3) is 0.800. The van der Waals surface area contributed by atoms with E-state index in [9.17, 15) is 4.79 Å². The molecule has 1 fully saturated rings. The Hall–Kier alpha value is -1.50. The summed E-state index contributed by atoms with van der Waals surface area (Å²) >= 11 is 0. The highest BCUT2D eigenvalue weighted by Crippen LogP contribution is 2.34. The maximum Gasteiger partial charge on any atom is 0.320 e. The maximum absolute atomic E-state index is 11.0. The Balaban J connectivity index is 2.03. The maximum atomic E-state index is 11.0. The van der Waals surface area contributed by atoms with Crippen LogP contribution in [0.3, 0.4) is 0 Å². The van der Waals surface area contributed by atoms with Crippen LogP contribution in [0.25, 0.3) is 0 Å². The van der Waals surface area contributed by atoms with Gasteiger partial charge in [0, 0.05) is 0 Å². The Morgan fingerprint density at radius 1 is 1.65 bits per heavy atom. The first-order valence-electron chi connectivity index (χ1n) is 5.83. The first-order chi connectivity index (χ1) is 8.13. The molecule has 2 rings (SSSR count). The molecule has 7 heteroatoms. The number of aromatic nitrogens is 4. The lowest BCUT2D eigenvalue weighted by molar-refractivity contribution is -0.143. The number of rotatable bonds is 6. The van der Waals surface area contributed by atoms with E-state index in [2.05, 4.69) is 15.5 Å². The third-order valence-corrected chi connectivity index (χ3v) is 3.05. The lowest BCUT2D eigenvalue weighted by atomic mass is 10.2. The van der Waals surface area contributed by atoms with Crippen LogP contribution in [0.1, 0.15) is 38.1 Å². The predicted octanol–water partition coefficient (Wildman–Crippen LogP) is 0.303. The molecular formula is C10H17N5O2. The van der Waals surface area contributed by atoms with Gasteiger partial charge in [-0.1, -0.05) is 6.92 Å². The van der Waals surface area contributed by atoms with E-state index in [1.807, 2.05) is 11.6 Å². The van der Waals surface area contributed by atoms with Crippen molar-refractivity contribution < 1.29 is 9.90 Å². The molecule has 1 saturated carbocycles. The second-order valence-corrected chi connectivity index (χ2v) is 4.45. The van der Waals surface area contributed by atoms with Crippen LogP contribution in [0.5, 0.6) is 0 Å². The van der Waals surface area contributed by atoms with E-state index in [1.54, 1.807) is 11.9 Å². The Morgan fingerprint density at radius 2 is 2.35 bits per heavy atom. The van der Waals surface area contributed by atoms with E-state index in [4.69, 9.17) is 5.11 Å². The van der Waals surface area contributed by atoms with Crippen LogP contribution >= 0.6 is 0 Å². The van der Waals surface area contributed by atoms with Crippen molar-refractivity contribution in [3.8, 4) is 0 Å². The molecule has 0 aromatic carbocycles. The number of carboxylic acid groups (broad SMARTS) is 1. The van der Waals surface area contributed by atoms with Crippen molar-refractivity contribution in [3.05, 3.63) is 5.82 Å². The molecule has 0 aliphatic heterocycles. The summed E-state index contributed by atoms with van der Waals surface area (Å²) in [6.45, 7) is 2.33. The normalized spacial score (nSPS) is 17.4. The van der Waals surface area contributed by atoms with Crippen molar-refractivity contribution in [1.29, 1.82) is 0 Å². The summed E-state index contributed by atoms with van der Waals surface area (Å²) in [4.78, 5) is 12.8. The molecule has 1 N–H and O–H groups in total. The molecular weight excluding hydrogens is 222 g/mol. The second kappa shape index (κ2) is 4.79. The number of carbonyl (C=O) groups is 1. The van der Waals surface area contributed by atoms with Gasteiger partial charge in [-0.15, -0.1) is 5.10 Å². The number of aliphatic carboxylic acids is 1. The first kappa shape index (κ1) is 12.0. The molecule has 1 atom stereocenters. The molecule has 94 valence electrons. The minimum absolute atomic E-state index is 0.415. The van der Waals surface area contributed by atoms with Gasteiger partial charge in [-0.05, 0) is 36.7 Å². The number of likely N-dealkylation sites (N-methyl/N-ethyl adjacent to an activating group) is 1. The number of hydrogen-bond donors (Lipinski definition) is 1. The van der Waals surface area contributed by atoms with Crippen molar-refractivity contribution in [2.24, 2.45) is 0 Å². The molecule has 1 aromatic heterocycles. The molecule has 0 amide bonds. The van der Waals surface area contributed by atoms with Gasteiger partial charge in [0.1, 0.15) is 6.04 Å². The van der Waals surface area contributed by atoms with Crippen LogP contribution in [-0.4, -0.2) is 49.3 Å². The molecule has 7 nitrogen and oxygen atoms in total. The highest BCUT2D eigenvalue weighted by molar-refractivity contribution is 5.73. The number of carboxylic acids is 1. The monoisotopic (exact) mass is 239 g/mol. The van der Waals surface area contributed by atoms with Gasteiger partial charge >= 0.3 is 5.97 Å². The molecule has 1 aliphatic carbocycles. The average molecular weight is 239 g/mol. The van der Waals surface area contributed by atoms with Gasteiger partial charge in [-0.3, -0.25) is 9.69 Å². The molecule has 1 unspecified atom stereocenters. The van der Waals surface area contributed by atoms with Gasteiger partial charge in [0.05, 0.1) is 12.6 Å². The predicted molar refractivity (Wildman–Crippen MR) is 59.3 cm³/mol. The van der Waals surface area contributed by atoms with E-state index >= 15 is 0 Å². The molecule has 17 heavy (non-hydrogen) atoms. The smallest absolute Gasteiger partial charge is 0.320 e. The molecule has 1 aromatic rings. The van der Waals surface area contributed by atoms with E-state index in [1.165, 1.54) is 0 Å². The first-order valence-corrected chi connectivity index (χ1v) is 5.83. The summed E-state index contributed by atoms with van der Waals surface area (Å²) in [5, 5.41) is 20.6. The molecule has 0 saturated heterocycles. The Kier molecular flexibility index (Phi) is 3.37. The second-order valence-electron chi connectivity index (χ2n) is 4.45. The Bertz CT molecular complexity index is 401. The molecule has 1 aliphatic rings. The van der Waals surface area contributed by atoms with Gasteiger partial charge in [-0.25, -0.2) is 4.68 Å². The van der Waals surface area contributed by atoms with E-state index in [-0.39, 0.29) is 0 Å². The van der Waals surface area contributed by atoms with E-state index in [0.717, 1.165) is 18.7 Å². The minimum Gasteiger partial charge on any atom is -0.480 e. The SMILES string of the molecule is CCC(C(=O)O)N(C)Cc1nnnn1C1CC1. The number of hydrogen-bond acceptors (Lipinski definition) is 5. The summed E-state index contributed by atoms with van der Waals surface area (Å²) in [6, 6.07) is -0.0716.